The quantitative estimate of drug-likeness (QED) is 0.808. The molecule has 0 radical (unpaired) electrons. The van der Waals surface area contributed by atoms with Gasteiger partial charge in [0.25, 0.3) is 5.91 Å². The Morgan fingerprint density at radius 1 is 1.39 bits per heavy atom. The number of nitrogens with two attached hydrogens (primary N) is 1. The van der Waals surface area contributed by atoms with Crippen molar-refractivity contribution in [3.63, 3.8) is 0 Å². The van der Waals surface area contributed by atoms with E-state index >= 15 is 0 Å². The summed E-state index contributed by atoms with van der Waals surface area (Å²) in [4.78, 5) is 12.1. The van der Waals surface area contributed by atoms with E-state index in [1.165, 1.54) is 0 Å². The average Bonchev–Trinajstić information content (AvgIpc) is 2.27. The molecule has 0 heterocycles. The molecule has 1 unspecified atom stereocenters. The third kappa shape index (κ3) is 3.49. The fraction of sp³-hybridized carbons (Fsp3) is 0.533. The molecule has 18 heavy (non-hydrogen) atoms. The van der Waals surface area contributed by atoms with E-state index in [2.05, 4.69) is 33.0 Å². The number of nitrogen functional groups attached to an aromatic ring is 1. The van der Waals surface area contributed by atoms with E-state index in [1.54, 1.807) is 6.07 Å². The predicted octanol–water partition coefficient (Wildman–Crippen LogP) is 2.99. The summed E-state index contributed by atoms with van der Waals surface area (Å²) in [5, 5.41) is 2.95. The maximum absolute atomic E-state index is 12.1. The molecule has 0 aromatic heterocycles. The Morgan fingerprint density at radius 3 is 2.56 bits per heavy atom. The lowest BCUT2D eigenvalue weighted by atomic mass is 9.82. The van der Waals surface area contributed by atoms with Crippen molar-refractivity contribution in [1.29, 1.82) is 0 Å². The van der Waals surface area contributed by atoms with Gasteiger partial charge in [-0.1, -0.05) is 39.8 Å². The molecule has 0 aliphatic rings. The summed E-state index contributed by atoms with van der Waals surface area (Å²) < 4.78 is 0. The van der Waals surface area contributed by atoms with Gasteiger partial charge in [-0.2, -0.15) is 0 Å². The van der Waals surface area contributed by atoms with Gasteiger partial charge in [-0.25, -0.2) is 0 Å². The molecule has 1 rings (SSSR count). The van der Waals surface area contributed by atoms with Gasteiger partial charge in [0.1, 0.15) is 0 Å². The number of hydrogen-bond donors (Lipinski definition) is 2. The zero-order valence-corrected chi connectivity index (χ0v) is 12.0. The van der Waals surface area contributed by atoms with Gasteiger partial charge in [-0.3, -0.25) is 4.79 Å². The Morgan fingerprint density at radius 2 is 2.00 bits per heavy atom. The molecule has 3 nitrogen and oxygen atoms in total. The third-order valence-corrected chi connectivity index (χ3v) is 3.62. The van der Waals surface area contributed by atoms with Crippen molar-refractivity contribution in [1.82, 2.24) is 5.32 Å². The summed E-state index contributed by atoms with van der Waals surface area (Å²) >= 11 is 0. The highest BCUT2D eigenvalue weighted by molar-refractivity contribution is 5.99. The van der Waals surface area contributed by atoms with E-state index in [1.807, 2.05) is 19.1 Å². The van der Waals surface area contributed by atoms with Crippen LogP contribution in [-0.2, 0) is 0 Å². The van der Waals surface area contributed by atoms with Gasteiger partial charge < -0.3 is 11.1 Å². The lowest BCUT2D eigenvalue weighted by molar-refractivity contribution is 0.0938. The summed E-state index contributed by atoms with van der Waals surface area (Å²) in [7, 11) is 0. The van der Waals surface area contributed by atoms with Gasteiger partial charge in [-0.15, -0.1) is 0 Å². The van der Waals surface area contributed by atoms with Crippen LogP contribution in [0.2, 0.25) is 0 Å². The summed E-state index contributed by atoms with van der Waals surface area (Å²) in [6.07, 6.45) is 0. The number of amides is 1. The molecule has 100 valence electrons. The molecular weight excluding hydrogens is 224 g/mol. The molecule has 0 fully saturated rings. The van der Waals surface area contributed by atoms with Crippen molar-refractivity contribution in [2.24, 2.45) is 11.3 Å². The molecule has 1 aromatic rings. The van der Waals surface area contributed by atoms with Gasteiger partial charge in [-0.05, 0) is 29.9 Å². The summed E-state index contributed by atoms with van der Waals surface area (Å²) in [6, 6.07) is 5.52. The molecule has 0 saturated carbocycles. The fourth-order valence-corrected chi connectivity index (χ4v) is 1.53. The Bertz CT molecular complexity index is 433. The summed E-state index contributed by atoms with van der Waals surface area (Å²) in [5.74, 6) is 0.319. The molecule has 3 N–H and O–H groups in total. The first-order valence-electron chi connectivity index (χ1n) is 6.36. The SMILES string of the molecule is Cc1cccc(C(=O)NCC(C)C(C)(C)C)c1N. The van der Waals surface area contributed by atoms with E-state index in [-0.39, 0.29) is 11.3 Å². The second-order valence-corrected chi connectivity index (χ2v) is 6.01. The van der Waals surface area contributed by atoms with Gasteiger partial charge in [0, 0.05) is 12.2 Å². The van der Waals surface area contributed by atoms with Crippen molar-refractivity contribution < 1.29 is 4.79 Å². The number of carbonyl (C=O) groups is 1. The van der Waals surface area contributed by atoms with Crippen LogP contribution in [0, 0.1) is 18.3 Å². The molecule has 1 amide bonds. The number of para-hydroxylation sites is 1. The van der Waals surface area contributed by atoms with Crippen molar-refractivity contribution in [3.05, 3.63) is 29.3 Å². The smallest absolute Gasteiger partial charge is 0.253 e. The third-order valence-electron chi connectivity index (χ3n) is 3.62. The maximum Gasteiger partial charge on any atom is 0.253 e. The van der Waals surface area contributed by atoms with Crippen molar-refractivity contribution in [2.75, 3.05) is 12.3 Å². The minimum absolute atomic E-state index is 0.0905. The molecule has 0 aliphatic carbocycles. The molecule has 1 atom stereocenters. The lowest BCUT2D eigenvalue weighted by Gasteiger charge is -2.27. The predicted molar refractivity (Wildman–Crippen MR) is 76.5 cm³/mol. The highest BCUT2D eigenvalue weighted by atomic mass is 16.1. The number of benzene rings is 1. The second kappa shape index (κ2) is 5.42. The van der Waals surface area contributed by atoms with Gasteiger partial charge >= 0.3 is 0 Å². The number of aryl methyl sites for hydroxylation is 1. The molecule has 0 saturated heterocycles. The Hall–Kier alpha value is -1.51. The van der Waals surface area contributed by atoms with Crippen LogP contribution in [-0.4, -0.2) is 12.5 Å². The van der Waals surface area contributed by atoms with Crippen LogP contribution in [0.25, 0.3) is 0 Å². The topological polar surface area (TPSA) is 55.1 Å². The number of rotatable bonds is 3. The Balaban J connectivity index is 2.70. The highest BCUT2D eigenvalue weighted by Gasteiger charge is 2.21. The lowest BCUT2D eigenvalue weighted by Crippen LogP contribution is -2.34. The number of carbonyl (C=O) groups excluding carboxylic acids is 1. The first kappa shape index (κ1) is 14.6. The van der Waals surface area contributed by atoms with Crippen molar-refractivity contribution in [3.8, 4) is 0 Å². The Kier molecular flexibility index (Phi) is 4.38. The van der Waals surface area contributed by atoms with E-state index in [0.717, 1.165) is 5.56 Å². The van der Waals surface area contributed by atoms with Crippen LogP contribution in [0.5, 0.6) is 0 Å². The van der Waals surface area contributed by atoms with Crippen LogP contribution >= 0.6 is 0 Å². The monoisotopic (exact) mass is 248 g/mol. The van der Waals surface area contributed by atoms with Crippen LogP contribution in [0.3, 0.4) is 0 Å². The van der Waals surface area contributed by atoms with Crippen molar-refractivity contribution in [2.45, 2.75) is 34.6 Å². The van der Waals surface area contributed by atoms with Crippen LogP contribution in [0.4, 0.5) is 5.69 Å². The van der Waals surface area contributed by atoms with E-state index in [4.69, 9.17) is 5.73 Å². The maximum atomic E-state index is 12.1. The second-order valence-electron chi connectivity index (χ2n) is 6.01. The average molecular weight is 248 g/mol. The molecular formula is C15H24N2O. The highest BCUT2D eigenvalue weighted by Crippen LogP contribution is 2.24. The minimum atomic E-state index is -0.0905. The number of hydrogen-bond acceptors (Lipinski definition) is 2. The zero-order chi connectivity index (χ0) is 13.9. The summed E-state index contributed by atoms with van der Waals surface area (Å²) in [6.45, 7) is 11.2. The molecule has 3 heteroatoms. The first-order chi connectivity index (χ1) is 8.23. The van der Waals surface area contributed by atoms with Crippen LogP contribution < -0.4 is 11.1 Å². The van der Waals surface area contributed by atoms with Crippen LogP contribution in [0.15, 0.2) is 18.2 Å². The van der Waals surface area contributed by atoms with E-state index in [9.17, 15) is 4.79 Å². The Labute approximate surface area is 110 Å². The number of anilines is 1. The normalized spacial score (nSPS) is 13.2. The van der Waals surface area contributed by atoms with Crippen molar-refractivity contribution >= 4 is 11.6 Å². The van der Waals surface area contributed by atoms with E-state index in [0.29, 0.717) is 23.7 Å². The van der Waals surface area contributed by atoms with Gasteiger partial charge in [0.2, 0.25) is 0 Å². The standard InChI is InChI=1S/C15H24N2O/c1-10-7-6-8-12(13(10)16)14(18)17-9-11(2)15(3,4)5/h6-8,11H,9,16H2,1-5H3,(H,17,18). The molecule has 1 aromatic carbocycles. The molecule has 0 spiro atoms. The largest absolute Gasteiger partial charge is 0.398 e. The minimum Gasteiger partial charge on any atom is -0.398 e. The molecule has 0 aliphatic heterocycles. The van der Waals surface area contributed by atoms with Crippen LogP contribution in [0.1, 0.15) is 43.6 Å². The summed E-state index contributed by atoms with van der Waals surface area (Å²) in [5.41, 5.74) is 8.17. The first-order valence-corrected chi connectivity index (χ1v) is 6.36. The van der Waals surface area contributed by atoms with E-state index < -0.39 is 0 Å². The number of nitrogens with one attached hydrogen (secondary N) is 1. The fourth-order valence-electron chi connectivity index (χ4n) is 1.53. The van der Waals surface area contributed by atoms with Gasteiger partial charge in [0.05, 0.1) is 5.56 Å². The molecule has 0 bridgehead atoms. The zero-order valence-electron chi connectivity index (χ0n) is 12.0. The van der Waals surface area contributed by atoms with Gasteiger partial charge in [0.15, 0.2) is 0 Å².